The molecule has 0 spiro atoms. The maximum absolute atomic E-state index is 12.1. The molecule has 1 nitrogen and oxygen atoms in total. The smallest absolute Gasteiger partial charge is 0.296 e. The lowest BCUT2D eigenvalue weighted by atomic mass is 10.1. The topological polar surface area (TPSA) is 12.4 Å². The van der Waals surface area contributed by atoms with E-state index >= 15 is 0 Å². The highest BCUT2D eigenvalue weighted by Gasteiger charge is 2.33. The van der Waals surface area contributed by atoms with Crippen LogP contribution < -0.4 is 0 Å². The van der Waals surface area contributed by atoms with E-state index in [2.05, 4.69) is 11.6 Å². The summed E-state index contributed by atoms with van der Waals surface area (Å²) in [6.07, 6.45) is -2.40. The molecule has 4 heteroatoms. The van der Waals surface area contributed by atoms with Crippen LogP contribution in [0, 0.1) is 0 Å². The van der Waals surface area contributed by atoms with Crippen LogP contribution in [0.5, 0.6) is 0 Å². The molecule has 0 fully saturated rings. The van der Waals surface area contributed by atoms with E-state index in [-0.39, 0.29) is 5.57 Å². The summed E-state index contributed by atoms with van der Waals surface area (Å²) in [6.45, 7) is 4.60. The number of rotatable bonds is 2. The minimum Gasteiger partial charge on any atom is -0.296 e. The van der Waals surface area contributed by atoms with E-state index in [1.165, 1.54) is 14.0 Å². The molecule has 0 amide bonds. The lowest BCUT2D eigenvalue weighted by Gasteiger charge is -2.08. The molecule has 68 valence electrons. The number of halogens is 3. The van der Waals surface area contributed by atoms with Crippen LogP contribution in [0.15, 0.2) is 28.8 Å². The first-order valence-corrected chi connectivity index (χ1v) is 3.26. The Bertz CT molecular complexity index is 223. The fourth-order valence-corrected chi connectivity index (χ4v) is 0.638. The summed E-state index contributed by atoms with van der Waals surface area (Å²) >= 11 is 0. The van der Waals surface area contributed by atoms with Gasteiger partial charge in [0.2, 0.25) is 0 Å². The van der Waals surface area contributed by atoms with Gasteiger partial charge in [-0.25, -0.2) is 0 Å². The van der Waals surface area contributed by atoms with Gasteiger partial charge in [0.05, 0.1) is 5.57 Å². The summed E-state index contributed by atoms with van der Waals surface area (Å²) in [5.41, 5.74) is -0.673. The van der Waals surface area contributed by atoms with Crippen molar-refractivity contribution >= 4 is 6.21 Å². The highest BCUT2D eigenvalue weighted by atomic mass is 19.4. The van der Waals surface area contributed by atoms with Crippen molar-refractivity contribution in [2.45, 2.75) is 13.1 Å². The largest absolute Gasteiger partial charge is 0.418 e. The van der Waals surface area contributed by atoms with Crippen LogP contribution in [0.3, 0.4) is 0 Å². The molecule has 12 heavy (non-hydrogen) atoms. The average Bonchev–Trinajstić information content (AvgIpc) is 1.96. The number of allylic oxidation sites excluding steroid dienone is 3. The molecule has 0 N–H and O–H groups in total. The average molecular weight is 177 g/mol. The quantitative estimate of drug-likeness (QED) is 0.454. The summed E-state index contributed by atoms with van der Waals surface area (Å²) in [4.78, 5) is 3.32. The van der Waals surface area contributed by atoms with E-state index < -0.39 is 11.7 Å². The normalized spacial score (nSPS) is 14.8. The SMILES string of the molecule is C=C/C(C)=C(\C=NC)C(F)(F)F. The molecule has 0 aliphatic carbocycles. The first-order chi connectivity index (χ1) is 5.43. The second-order valence-corrected chi connectivity index (χ2v) is 2.19. The van der Waals surface area contributed by atoms with E-state index in [1.54, 1.807) is 0 Å². The first kappa shape index (κ1) is 10.9. The third kappa shape index (κ3) is 2.90. The highest BCUT2D eigenvalue weighted by Crippen LogP contribution is 2.26. The third-order valence-electron chi connectivity index (χ3n) is 1.29. The number of alkyl halides is 3. The maximum atomic E-state index is 12.1. The first-order valence-electron chi connectivity index (χ1n) is 3.26. The van der Waals surface area contributed by atoms with Crippen molar-refractivity contribution < 1.29 is 13.2 Å². The second-order valence-electron chi connectivity index (χ2n) is 2.19. The predicted octanol–water partition coefficient (Wildman–Crippen LogP) is 2.75. The summed E-state index contributed by atoms with van der Waals surface area (Å²) in [7, 11) is 1.29. The molecule has 0 heterocycles. The van der Waals surface area contributed by atoms with Gasteiger partial charge >= 0.3 is 6.18 Å². The molecule has 0 bridgehead atoms. The van der Waals surface area contributed by atoms with Crippen LogP contribution in [0.1, 0.15) is 6.92 Å². The molecule has 0 aromatic heterocycles. The molecule has 0 aromatic rings. The van der Waals surface area contributed by atoms with Crippen molar-refractivity contribution in [3.63, 3.8) is 0 Å². The lowest BCUT2D eigenvalue weighted by Crippen LogP contribution is -2.14. The van der Waals surface area contributed by atoms with Gasteiger partial charge in [-0.05, 0) is 12.5 Å². The Balaban J connectivity index is 5.05. The number of nitrogens with zero attached hydrogens (tertiary/aromatic N) is 1. The van der Waals surface area contributed by atoms with Gasteiger partial charge in [-0.2, -0.15) is 13.2 Å². The van der Waals surface area contributed by atoms with E-state index in [0.29, 0.717) is 0 Å². The molecule has 0 unspecified atom stereocenters. The van der Waals surface area contributed by atoms with Crippen molar-refractivity contribution in [1.29, 1.82) is 0 Å². The second kappa shape index (κ2) is 4.09. The fourth-order valence-electron chi connectivity index (χ4n) is 0.638. The highest BCUT2D eigenvalue weighted by molar-refractivity contribution is 5.81. The Kier molecular flexibility index (Phi) is 3.73. The monoisotopic (exact) mass is 177 g/mol. The van der Waals surface area contributed by atoms with E-state index in [9.17, 15) is 13.2 Å². The Morgan fingerprint density at radius 2 is 1.92 bits per heavy atom. The third-order valence-corrected chi connectivity index (χ3v) is 1.29. The van der Waals surface area contributed by atoms with E-state index in [4.69, 9.17) is 0 Å². The standard InChI is InChI=1S/C8H10F3N/c1-4-6(2)7(5-12-3)8(9,10)11/h4-5H,1H2,2-3H3/b7-6+,12-5?. The molecule has 0 rings (SSSR count). The van der Waals surface area contributed by atoms with Gasteiger partial charge in [0, 0.05) is 13.3 Å². The van der Waals surface area contributed by atoms with E-state index in [1.807, 2.05) is 0 Å². The zero-order valence-corrected chi connectivity index (χ0v) is 6.94. The lowest BCUT2D eigenvalue weighted by molar-refractivity contribution is -0.0861. The Hall–Kier alpha value is -1.06. The zero-order valence-electron chi connectivity index (χ0n) is 6.94. The van der Waals surface area contributed by atoms with Crippen molar-refractivity contribution in [1.82, 2.24) is 0 Å². The minimum absolute atomic E-state index is 0.0769. The van der Waals surface area contributed by atoms with Crippen LogP contribution in [-0.2, 0) is 0 Å². The number of hydrogen-bond donors (Lipinski definition) is 0. The van der Waals surface area contributed by atoms with Crippen LogP contribution in [0.25, 0.3) is 0 Å². The van der Waals surface area contributed by atoms with Gasteiger partial charge in [0.15, 0.2) is 0 Å². The minimum atomic E-state index is -4.35. The summed E-state index contributed by atoms with van der Waals surface area (Å²) in [5, 5.41) is 0. The molecule has 0 radical (unpaired) electrons. The molecule has 0 aliphatic rings. The number of hydrogen-bond acceptors (Lipinski definition) is 1. The van der Waals surface area contributed by atoms with Crippen LogP contribution >= 0.6 is 0 Å². The van der Waals surface area contributed by atoms with Crippen molar-refractivity contribution in [2.75, 3.05) is 7.05 Å². The summed E-state index contributed by atoms with van der Waals surface area (Å²) < 4.78 is 36.4. The molecular formula is C8H10F3N. The Labute approximate surface area is 69.3 Å². The van der Waals surface area contributed by atoms with Crippen molar-refractivity contribution in [2.24, 2.45) is 4.99 Å². The van der Waals surface area contributed by atoms with Gasteiger partial charge in [-0.3, -0.25) is 4.99 Å². The Morgan fingerprint density at radius 3 is 2.17 bits per heavy atom. The maximum Gasteiger partial charge on any atom is 0.418 e. The molecular weight excluding hydrogens is 167 g/mol. The van der Waals surface area contributed by atoms with Gasteiger partial charge in [0.1, 0.15) is 0 Å². The predicted molar refractivity (Wildman–Crippen MR) is 43.4 cm³/mol. The molecule has 0 saturated carbocycles. The van der Waals surface area contributed by atoms with Crippen LogP contribution in [0.2, 0.25) is 0 Å². The Morgan fingerprint density at radius 1 is 1.42 bits per heavy atom. The van der Waals surface area contributed by atoms with Crippen molar-refractivity contribution in [3.05, 3.63) is 23.8 Å². The van der Waals surface area contributed by atoms with Crippen molar-refractivity contribution in [3.8, 4) is 0 Å². The summed E-state index contributed by atoms with van der Waals surface area (Å²) in [5.74, 6) is 0. The molecule has 0 atom stereocenters. The van der Waals surface area contributed by atoms with Gasteiger partial charge in [0.25, 0.3) is 0 Å². The molecule has 0 aliphatic heterocycles. The molecule has 0 aromatic carbocycles. The fraction of sp³-hybridized carbons (Fsp3) is 0.375. The van der Waals surface area contributed by atoms with Gasteiger partial charge < -0.3 is 0 Å². The summed E-state index contributed by atoms with van der Waals surface area (Å²) in [6, 6.07) is 0. The zero-order chi connectivity index (χ0) is 9.78. The molecule has 0 saturated heterocycles. The van der Waals surface area contributed by atoms with E-state index in [0.717, 1.165) is 12.3 Å². The van der Waals surface area contributed by atoms with Gasteiger partial charge in [-0.15, -0.1) is 0 Å². The number of aliphatic imine (C=N–C) groups is 1. The van der Waals surface area contributed by atoms with Crippen LogP contribution in [-0.4, -0.2) is 19.4 Å². The van der Waals surface area contributed by atoms with Crippen LogP contribution in [0.4, 0.5) is 13.2 Å². The van der Waals surface area contributed by atoms with Gasteiger partial charge in [-0.1, -0.05) is 12.7 Å².